The summed E-state index contributed by atoms with van der Waals surface area (Å²) in [5, 5.41) is 17.7. The lowest BCUT2D eigenvalue weighted by atomic mass is 10.0. The number of rotatable bonds is 8. The first kappa shape index (κ1) is 23.2. The molecule has 8 nitrogen and oxygen atoms in total. The first-order valence-electron chi connectivity index (χ1n) is 9.55. The summed E-state index contributed by atoms with van der Waals surface area (Å²) in [7, 11) is 1.82. The summed E-state index contributed by atoms with van der Waals surface area (Å²) >= 11 is 8.81. The molecular formula is C20H23ClN6O2S2. The molecule has 0 fully saturated rings. The van der Waals surface area contributed by atoms with E-state index in [1.165, 1.54) is 23.1 Å². The summed E-state index contributed by atoms with van der Waals surface area (Å²) in [5.41, 5.74) is 1.27. The smallest absolute Gasteiger partial charge is 0.253 e. The molecule has 3 aromatic rings. The number of thiazole rings is 1. The van der Waals surface area contributed by atoms with E-state index < -0.39 is 0 Å². The van der Waals surface area contributed by atoms with Gasteiger partial charge in [-0.05, 0) is 25.0 Å². The Hall–Kier alpha value is -2.43. The summed E-state index contributed by atoms with van der Waals surface area (Å²) in [6, 6.07) is 6.52. The molecule has 0 aliphatic carbocycles. The van der Waals surface area contributed by atoms with Crippen LogP contribution in [0.25, 0.3) is 0 Å². The molecule has 164 valence electrons. The fraction of sp³-hybridized carbons (Fsp3) is 0.350. The zero-order chi connectivity index (χ0) is 22.5. The highest BCUT2D eigenvalue weighted by molar-refractivity contribution is 7.99. The normalized spacial score (nSPS) is 12.1. The number of carbonyl (C=O) groups is 2. The molecule has 0 bridgehead atoms. The lowest BCUT2D eigenvalue weighted by Crippen LogP contribution is -2.33. The average molecular weight is 479 g/mol. The summed E-state index contributed by atoms with van der Waals surface area (Å²) in [4.78, 5) is 29.2. The largest absolute Gasteiger partial charge is 0.342 e. The van der Waals surface area contributed by atoms with Crippen LogP contribution in [0.2, 0.25) is 5.02 Å². The Kier molecular flexibility index (Phi) is 7.69. The Labute approximate surface area is 193 Å². The third kappa shape index (κ3) is 5.84. The van der Waals surface area contributed by atoms with Crippen LogP contribution in [0.5, 0.6) is 0 Å². The molecule has 11 heteroatoms. The number of benzene rings is 1. The van der Waals surface area contributed by atoms with Crippen molar-refractivity contribution in [2.24, 2.45) is 13.0 Å². The van der Waals surface area contributed by atoms with Gasteiger partial charge in [0.15, 0.2) is 16.1 Å². The topological polar surface area (TPSA) is 102 Å². The molecule has 0 radical (unpaired) electrons. The monoisotopic (exact) mass is 478 g/mol. The van der Waals surface area contributed by atoms with Crippen LogP contribution in [0.3, 0.4) is 0 Å². The fourth-order valence-corrected chi connectivity index (χ4v) is 4.46. The van der Waals surface area contributed by atoms with Crippen molar-refractivity contribution in [3.05, 3.63) is 51.7 Å². The molecule has 3 rings (SSSR count). The number of halogens is 1. The third-order valence-corrected chi connectivity index (χ3v) is 6.64. The van der Waals surface area contributed by atoms with Gasteiger partial charge in [-0.1, -0.05) is 49.3 Å². The third-order valence-electron chi connectivity index (χ3n) is 4.42. The van der Waals surface area contributed by atoms with Gasteiger partial charge in [0.05, 0.1) is 28.1 Å². The zero-order valence-electron chi connectivity index (χ0n) is 17.5. The van der Waals surface area contributed by atoms with Crippen LogP contribution in [0.1, 0.15) is 41.8 Å². The quantitative estimate of drug-likeness (QED) is 0.473. The molecule has 0 saturated heterocycles. The molecule has 0 spiro atoms. The van der Waals surface area contributed by atoms with Gasteiger partial charge < -0.3 is 15.2 Å². The molecule has 0 unspecified atom stereocenters. The minimum Gasteiger partial charge on any atom is -0.342 e. The SMILES string of the molecule is Cc1csc(NC(=O)CSc2nnc([C@@H](NC(=O)c3ccccc3Cl)C(C)C)n2C)n1. The number of aromatic nitrogens is 4. The molecule has 0 saturated carbocycles. The van der Waals surface area contributed by atoms with Crippen molar-refractivity contribution in [1.82, 2.24) is 25.1 Å². The van der Waals surface area contributed by atoms with Crippen LogP contribution < -0.4 is 10.6 Å². The van der Waals surface area contributed by atoms with Gasteiger partial charge in [0.1, 0.15) is 0 Å². The van der Waals surface area contributed by atoms with Crippen LogP contribution in [-0.4, -0.2) is 37.3 Å². The van der Waals surface area contributed by atoms with Crippen LogP contribution in [-0.2, 0) is 11.8 Å². The van der Waals surface area contributed by atoms with Gasteiger partial charge >= 0.3 is 0 Å². The van der Waals surface area contributed by atoms with Crippen LogP contribution in [0.15, 0.2) is 34.8 Å². The van der Waals surface area contributed by atoms with E-state index >= 15 is 0 Å². The van der Waals surface area contributed by atoms with Crippen molar-refractivity contribution >= 4 is 51.6 Å². The van der Waals surface area contributed by atoms with E-state index in [2.05, 4.69) is 25.8 Å². The Morgan fingerprint density at radius 3 is 2.65 bits per heavy atom. The van der Waals surface area contributed by atoms with E-state index in [0.717, 1.165) is 5.69 Å². The van der Waals surface area contributed by atoms with E-state index in [1.54, 1.807) is 28.8 Å². The van der Waals surface area contributed by atoms with Gasteiger partial charge in [0, 0.05) is 12.4 Å². The molecular weight excluding hydrogens is 456 g/mol. The van der Waals surface area contributed by atoms with Crippen LogP contribution >= 0.6 is 34.7 Å². The molecule has 1 aromatic carbocycles. The lowest BCUT2D eigenvalue weighted by Gasteiger charge is -2.22. The summed E-state index contributed by atoms with van der Waals surface area (Å²) < 4.78 is 1.79. The average Bonchev–Trinajstić information content (AvgIpc) is 3.29. The number of hydrogen-bond donors (Lipinski definition) is 2. The molecule has 2 N–H and O–H groups in total. The second-order valence-electron chi connectivity index (χ2n) is 7.21. The first-order valence-corrected chi connectivity index (χ1v) is 11.8. The van der Waals surface area contributed by atoms with Crippen LogP contribution in [0.4, 0.5) is 5.13 Å². The van der Waals surface area contributed by atoms with E-state index in [9.17, 15) is 9.59 Å². The highest BCUT2D eigenvalue weighted by Crippen LogP contribution is 2.25. The molecule has 31 heavy (non-hydrogen) atoms. The zero-order valence-corrected chi connectivity index (χ0v) is 19.9. The van der Waals surface area contributed by atoms with Gasteiger partial charge in [-0.2, -0.15) is 0 Å². The maximum atomic E-state index is 12.7. The Bertz CT molecular complexity index is 1080. The number of carbonyl (C=O) groups excluding carboxylic acids is 2. The van der Waals surface area contributed by atoms with Gasteiger partial charge in [-0.3, -0.25) is 9.59 Å². The number of nitrogens with zero attached hydrogens (tertiary/aromatic N) is 4. The van der Waals surface area contributed by atoms with Gasteiger partial charge in [0.25, 0.3) is 5.91 Å². The van der Waals surface area contributed by atoms with Crippen molar-refractivity contribution in [3.8, 4) is 0 Å². The van der Waals surface area contributed by atoms with E-state index in [1.807, 2.05) is 33.2 Å². The molecule has 1 atom stereocenters. The summed E-state index contributed by atoms with van der Waals surface area (Å²) in [6.45, 7) is 5.85. The summed E-state index contributed by atoms with van der Waals surface area (Å²) in [6.07, 6.45) is 0. The van der Waals surface area contributed by atoms with E-state index in [0.29, 0.717) is 26.7 Å². The Balaban J connectivity index is 1.67. The summed E-state index contributed by atoms with van der Waals surface area (Å²) in [5.74, 6) is 0.386. The number of hydrogen-bond acceptors (Lipinski definition) is 7. The predicted molar refractivity (Wildman–Crippen MR) is 124 cm³/mol. The van der Waals surface area contributed by atoms with Crippen molar-refractivity contribution in [1.29, 1.82) is 0 Å². The number of thioether (sulfide) groups is 1. The van der Waals surface area contributed by atoms with Crippen molar-refractivity contribution in [2.75, 3.05) is 11.1 Å². The van der Waals surface area contributed by atoms with Gasteiger partial charge in [-0.25, -0.2) is 4.98 Å². The van der Waals surface area contributed by atoms with E-state index in [4.69, 9.17) is 11.6 Å². The number of aryl methyl sites for hydroxylation is 1. The molecule has 2 amide bonds. The Morgan fingerprint density at radius 1 is 1.26 bits per heavy atom. The molecule has 0 aliphatic rings. The van der Waals surface area contributed by atoms with Crippen LogP contribution in [0, 0.1) is 12.8 Å². The van der Waals surface area contributed by atoms with E-state index in [-0.39, 0.29) is 29.5 Å². The number of anilines is 1. The second-order valence-corrected chi connectivity index (χ2v) is 9.41. The van der Waals surface area contributed by atoms with Crippen molar-refractivity contribution in [2.45, 2.75) is 32.0 Å². The fourth-order valence-electron chi connectivity index (χ4n) is 2.81. The maximum absolute atomic E-state index is 12.7. The van der Waals surface area contributed by atoms with Crippen molar-refractivity contribution in [3.63, 3.8) is 0 Å². The van der Waals surface area contributed by atoms with Gasteiger partial charge in [0.2, 0.25) is 5.91 Å². The number of nitrogens with one attached hydrogen (secondary N) is 2. The molecule has 0 aliphatic heterocycles. The van der Waals surface area contributed by atoms with Gasteiger partial charge in [-0.15, -0.1) is 21.5 Å². The first-order chi connectivity index (χ1) is 14.8. The highest BCUT2D eigenvalue weighted by atomic mass is 35.5. The van der Waals surface area contributed by atoms with Crippen molar-refractivity contribution < 1.29 is 9.59 Å². The maximum Gasteiger partial charge on any atom is 0.253 e. The minimum atomic E-state index is -0.372. The highest BCUT2D eigenvalue weighted by Gasteiger charge is 2.26. The Morgan fingerprint density at radius 2 is 2.00 bits per heavy atom. The predicted octanol–water partition coefficient (Wildman–Crippen LogP) is 4.09. The molecule has 2 heterocycles. The minimum absolute atomic E-state index is 0.0589. The number of amides is 2. The standard InChI is InChI=1S/C20H23ClN6O2S2/c1-11(2)16(24-18(29)13-7-5-6-8-14(13)21)17-25-26-20(27(17)4)31-10-15(28)23-19-22-12(3)9-30-19/h5-9,11,16H,10H2,1-4H3,(H,24,29)(H,22,23,28)/t16-/m0/s1. The lowest BCUT2D eigenvalue weighted by molar-refractivity contribution is -0.113. The molecule has 2 aromatic heterocycles. The second kappa shape index (κ2) is 10.3.